The Morgan fingerprint density at radius 3 is 2.47 bits per heavy atom. The maximum Gasteiger partial charge on any atom is 0.223 e. The van der Waals surface area contributed by atoms with Gasteiger partial charge < -0.3 is 20.3 Å². The molecule has 9 heteroatoms. The van der Waals surface area contributed by atoms with E-state index in [0.717, 1.165) is 16.3 Å². The molecule has 198 valence electrons. The Labute approximate surface area is 216 Å². The van der Waals surface area contributed by atoms with Crippen molar-refractivity contribution in [2.75, 3.05) is 0 Å². The first-order valence-electron chi connectivity index (χ1n) is 12.4. The van der Waals surface area contributed by atoms with E-state index in [2.05, 4.69) is 10.3 Å². The maximum absolute atomic E-state index is 13.2. The highest BCUT2D eigenvalue weighted by Crippen LogP contribution is 2.41. The van der Waals surface area contributed by atoms with E-state index in [4.69, 9.17) is 4.74 Å². The lowest BCUT2D eigenvalue weighted by atomic mass is 9.73. The van der Waals surface area contributed by atoms with Gasteiger partial charge in [0.05, 0.1) is 46.9 Å². The highest BCUT2D eigenvalue weighted by molar-refractivity contribution is 7.09. The van der Waals surface area contributed by atoms with Crippen molar-refractivity contribution >= 4 is 34.9 Å². The number of allylic oxidation sites excluding steroid dienone is 1. The molecular formula is C27H38N2O6S. The average Bonchev–Trinajstić information content (AvgIpc) is 3.26. The predicted molar refractivity (Wildman–Crippen MR) is 138 cm³/mol. The lowest BCUT2D eigenvalue weighted by Gasteiger charge is -2.34. The quantitative estimate of drug-likeness (QED) is 0.513. The van der Waals surface area contributed by atoms with Crippen LogP contribution in [0.4, 0.5) is 0 Å². The summed E-state index contributed by atoms with van der Waals surface area (Å²) in [6, 6.07) is -0.394. The van der Waals surface area contributed by atoms with Gasteiger partial charge in [0.25, 0.3) is 0 Å². The Kier molecular flexibility index (Phi) is 8.40. The topological polar surface area (TPSA) is 129 Å². The van der Waals surface area contributed by atoms with Crippen LogP contribution in [0.2, 0.25) is 0 Å². The number of ketones is 2. The largest absolute Gasteiger partial charge is 0.392 e. The van der Waals surface area contributed by atoms with Crippen molar-refractivity contribution in [1.82, 2.24) is 10.3 Å². The number of amides is 1. The average molecular weight is 519 g/mol. The van der Waals surface area contributed by atoms with Gasteiger partial charge in [-0.05, 0) is 44.6 Å². The van der Waals surface area contributed by atoms with Gasteiger partial charge in [0, 0.05) is 23.6 Å². The van der Waals surface area contributed by atoms with Gasteiger partial charge >= 0.3 is 0 Å². The van der Waals surface area contributed by atoms with Crippen LogP contribution in [0, 0.1) is 24.2 Å². The number of nitrogens with one attached hydrogen (secondary N) is 1. The van der Waals surface area contributed by atoms with E-state index in [0.29, 0.717) is 6.42 Å². The molecule has 1 unspecified atom stereocenters. The SMILES string of the molecule is C/C(=C\c1csc(C)n1)[C@@H]1C[C@@H]2O[C@]2(C)/C=C/C(=O)[C@H](C)C(O)[C@@H](C)C(=O)C(C)(C)[C@@H](O)CC(=O)N1. The minimum absolute atomic E-state index is 0.234. The number of thiazole rings is 1. The normalized spacial score (nSPS) is 37.2. The lowest BCUT2D eigenvalue weighted by Crippen LogP contribution is -2.48. The molecule has 3 heterocycles. The Morgan fingerprint density at radius 1 is 1.19 bits per heavy atom. The Morgan fingerprint density at radius 2 is 1.86 bits per heavy atom. The number of Topliss-reactive ketones (excluding diaryl/α,β-unsaturated/α-hetero) is 1. The van der Waals surface area contributed by atoms with Crippen LogP contribution in [0.25, 0.3) is 6.08 Å². The molecule has 1 saturated heterocycles. The number of aryl methyl sites for hydroxylation is 1. The van der Waals surface area contributed by atoms with Crippen LogP contribution in [-0.4, -0.2) is 62.6 Å². The first kappa shape index (κ1) is 28.4. The molecule has 1 aromatic rings. The zero-order valence-corrected chi connectivity index (χ0v) is 22.9. The fraction of sp³-hybridized carbons (Fsp3) is 0.630. The maximum atomic E-state index is 13.2. The fourth-order valence-electron chi connectivity index (χ4n) is 4.65. The van der Waals surface area contributed by atoms with Gasteiger partial charge in [-0.3, -0.25) is 14.4 Å². The van der Waals surface area contributed by atoms with Crippen LogP contribution in [0.3, 0.4) is 0 Å². The first-order chi connectivity index (χ1) is 16.7. The highest BCUT2D eigenvalue weighted by Gasteiger charge is 2.51. The number of hydrogen-bond donors (Lipinski definition) is 3. The van der Waals surface area contributed by atoms with Crippen molar-refractivity contribution in [2.45, 2.75) is 91.3 Å². The molecule has 1 fully saturated rings. The van der Waals surface area contributed by atoms with Crippen molar-refractivity contribution in [2.24, 2.45) is 17.3 Å². The van der Waals surface area contributed by atoms with Crippen LogP contribution in [0.1, 0.15) is 65.1 Å². The molecule has 0 saturated carbocycles. The zero-order valence-electron chi connectivity index (χ0n) is 22.1. The summed E-state index contributed by atoms with van der Waals surface area (Å²) in [4.78, 5) is 43.5. The molecule has 3 N–H and O–H groups in total. The van der Waals surface area contributed by atoms with E-state index in [1.54, 1.807) is 33.8 Å². The number of ether oxygens (including phenoxy) is 1. The summed E-state index contributed by atoms with van der Waals surface area (Å²) < 4.78 is 5.91. The summed E-state index contributed by atoms with van der Waals surface area (Å²) in [6.07, 6.45) is 2.47. The zero-order chi connectivity index (χ0) is 27.0. The molecule has 0 aliphatic carbocycles. The highest BCUT2D eigenvalue weighted by atomic mass is 32.1. The van der Waals surface area contributed by atoms with Crippen molar-refractivity contribution in [3.8, 4) is 0 Å². The standard InChI is InChI=1S/C27H38N2O6S/c1-14(10-18-13-36-17(4)28-18)19-11-22-27(7,35-22)9-8-20(30)15(2)24(33)16(3)25(34)26(5,6)21(31)12-23(32)29-19/h8-10,13,15-16,19,21-22,24,31,33H,11-12H2,1-7H3,(H,29,32)/b9-8+,14-10+/t15-,16+,19-,21-,22-,24?,27+/m0/s1. The van der Waals surface area contributed by atoms with E-state index in [1.165, 1.54) is 17.4 Å². The van der Waals surface area contributed by atoms with Crippen LogP contribution in [-0.2, 0) is 19.1 Å². The molecule has 3 rings (SSSR count). The molecule has 1 aromatic heterocycles. The Balaban J connectivity index is 1.94. The van der Waals surface area contributed by atoms with Gasteiger partial charge in [-0.25, -0.2) is 4.98 Å². The predicted octanol–water partition coefficient (Wildman–Crippen LogP) is 3.01. The number of rotatable bonds is 2. The van der Waals surface area contributed by atoms with Crippen molar-refractivity contribution < 1.29 is 29.3 Å². The van der Waals surface area contributed by atoms with Gasteiger partial charge in [-0.2, -0.15) is 0 Å². The number of nitrogens with zero attached hydrogens (tertiary/aromatic N) is 1. The smallest absolute Gasteiger partial charge is 0.223 e. The molecule has 1 amide bonds. The Bertz CT molecular complexity index is 1080. The van der Waals surface area contributed by atoms with Crippen molar-refractivity contribution in [3.63, 3.8) is 0 Å². The molecule has 0 spiro atoms. The van der Waals surface area contributed by atoms with Crippen molar-refractivity contribution in [1.29, 1.82) is 0 Å². The summed E-state index contributed by atoms with van der Waals surface area (Å²) in [5.74, 6) is -2.82. The second-order valence-electron chi connectivity index (χ2n) is 10.9. The molecule has 36 heavy (non-hydrogen) atoms. The fourth-order valence-corrected chi connectivity index (χ4v) is 5.22. The molecular weight excluding hydrogens is 480 g/mol. The molecule has 0 bridgehead atoms. The van der Waals surface area contributed by atoms with Gasteiger partial charge in [-0.15, -0.1) is 11.3 Å². The van der Waals surface area contributed by atoms with Gasteiger partial charge in [0.15, 0.2) is 5.78 Å². The monoisotopic (exact) mass is 518 g/mol. The summed E-state index contributed by atoms with van der Waals surface area (Å²) in [5.41, 5.74) is -0.303. The van der Waals surface area contributed by atoms with E-state index in [-0.39, 0.29) is 18.3 Å². The first-order valence-corrected chi connectivity index (χ1v) is 13.2. The summed E-state index contributed by atoms with van der Waals surface area (Å²) in [5, 5.41) is 27.5. The molecule has 2 aliphatic rings. The molecule has 0 aromatic carbocycles. The van der Waals surface area contributed by atoms with E-state index >= 15 is 0 Å². The third-order valence-corrected chi connectivity index (χ3v) is 8.43. The van der Waals surface area contributed by atoms with E-state index < -0.39 is 52.8 Å². The number of hydrogen-bond acceptors (Lipinski definition) is 8. The molecule has 8 nitrogen and oxygen atoms in total. The third kappa shape index (κ3) is 6.19. The second kappa shape index (κ2) is 10.7. The van der Waals surface area contributed by atoms with Crippen LogP contribution in [0.5, 0.6) is 0 Å². The minimum atomic E-state index is -1.30. The summed E-state index contributed by atoms with van der Waals surface area (Å²) in [7, 11) is 0. The molecule has 7 atom stereocenters. The minimum Gasteiger partial charge on any atom is -0.392 e. The van der Waals surface area contributed by atoms with E-state index in [9.17, 15) is 24.6 Å². The van der Waals surface area contributed by atoms with Crippen molar-refractivity contribution in [3.05, 3.63) is 33.8 Å². The number of epoxide rings is 1. The number of aliphatic hydroxyl groups excluding tert-OH is 2. The van der Waals surface area contributed by atoms with Crippen LogP contribution >= 0.6 is 11.3 Å². The summed E-state index contributed by atoms with van der Waals surface area (Å²) >= 11 is 1.54. The van der Waals surface area contributed by atoms with Crippen LogP contribution in [0.15, 0.2) is 23.1 Å². The van der Waals surface area contributed by atoms with Gasteiger partial charge in [0.1, 0.15) is 11.4 Å². The number of carbonyl (C=O) groups excluding carboxylic acids is 3. The molecule has 0 radical (unpaired) electrons. The number of aliphatic hydroxyl groups is 2. The summed E-state index contributed by atoms with van der Waals surface area (Å²) in [6.45, 7) is 11.9. The van der Waals surface area contributed by atoms with Gasteiger partial charge in [-0.1, -0.05) is 27.7 Å². The lowest BCUT2D eigenvalue weighted by molar-refractivity contribution is -0.143. The molecule has 2 aliphatic heterocycles. The van der Waals surface area contributed by atoms with Gasteiger partial charge in [0.2, 0.25) is 5.91 Å². The second-order valence-corrected chi connectivity index (χ2v) is 12.0. The number of fused-ring (bicyclic) bond motifs is 1. The third-order valence-electron chi connectivity index (χ3n) is 7.64. The number of carbonyl (C=O) groups is 3. The van der Waals surface area contributed by atoms with E-state index in [1.807, 2.05) is 32.2 Å². The Hall–Kier alpha value is -2.20. The van der Waals surface area contributed by atoms with Crippen LogP contribution < -0.4 is 5.32 Å². The number of aromatic nitrogens is 1.